The van der Waals surface area contributed by atoms with Crippen molar-refractivity contribution in [2.24, 2.45) is 0 Å². The maximum Gasteiger partial charge on any atom is 0.145 e. The van der Waals surface area contributed by atoms with Crippen LogP contribution in [-0.4, -0.2) is 0 Å². The minimum absolute atomic E-state index is 0.863. The summed E-state index contributed by atoms with van der Waals surface area (Å²) in [4.78, 5) is 2.43. The average molecular weight is 754 g/mol. The summed E-state index contributed by atoms with van der Waals surface area (Å²) in [5.74, 6) is 0. The molecule has 0 bridgehead atoms. The molecule has 3 nitrogen and oxygen atoms in total. The van der Waals surface area contributed by atoms with E-state index in [1.165, 1.54) is 21.5 Å². The highest BCUT2D eigenvalue weighted by atomic mass is 16.3. The maximum atomic E-state index is 6.80. The minimum Gasteiger partial charge on any atom is -0.455 e. The molecule has 59 heavy (non-hydrogen) atoms. The smallest absolute Gasteiger partial charge is 0.145 e. The van der Waals surface area contributed by atoms with E-state index in [1.807, 2.05) is 12.1 Å². The van der Waals surface area contributed by atoms with E-state index in [0.29, 0.717) is 0 Å². The number of nitrogens with zero attached hydrogens (tertiary/aromatic N) is 1. The van der Waals surface area contributed by atoms with Gasteiger partial charge in [-0.15, -0.1) is 0 Å². The van der Waals surface area contributed by atoms with Crippen LogP contribution in [0.15, 0.2) is 221 Å². The lowest BCUT2D eigenvalue weighted by Crippen LogP contribution is -2.11. The van der Waals surface area contributed by atoms with Crippen LogP contribution in [0.1, 0.15) is 0 Å². The summed E-state index contributed by atoms with van der Waals surface area (Å²) in [7, 11) is 0. The third-order valence-electron chi connectivity index (χ3n) is 11.9. The topological polar surface area (TPSA) is 29.5 Å². The van der Waals surface area contributed by atoms with E-state index in [9.17, 15) is 0 Å². The van der Waals surface area contributed by atoms with Gasteiger partial charge in [-0.25, -0.2) is 0 Å². The molecule has 3 heteroatoms. The van der Waals surface area contributed by atoms with Crippen molar-refractivity contribution < 1.29 is 8.83 Å². The molecule has 0 radical (unpaired) electrons. The molecule has 0 atom stereocenters. The summed E-state index contributed by atoms with van der Waals surface area (Å²) < 4.78 is 13.5. The van der Waals surface area contributed by atoms with Crippen LogP contribution in [0.2, 0.25) is 0 Å². The third kappa shape index (κ3) is 5.29. The second-order valence-corrected chi connectivity index (χ2v) is 15.2. The lowest BCUT2D eigenvalue weighted by molar-refractivity contribution is 0.669. The molecule has 0 saturated carbocycles. The van der Waals surface area contributed by atoms with Crippen molar-refractivity contribution in [3.8, 4) is 33.4 Å². The van der Waals surface area contributed by atoms with Crippen molar-refractivity contribution in [1.29, 1.82) is 0 Å². The summed E-state index contributed by atoms with van der Waals surface area (Å²) in [6.07, 6.45) is 0. The normalized spacial score (nSPS) is 11.7. The first kappa shape index (κ1) is 33.3. The Balaban J connectivity index is 1.10. The van der Waals surface area contributed by atoms with Crippen molar-refractivity contribution >= 4 is 82.5 Å². The maximum absolute atomic E-state index is 6.80. The van der Waals surface area contributed by atoms with E-state index in [2.05, 4.69) is 205 Å². The molecule has 0 fully saturated rings. The number of para-hydroxylation sites is 2. The molecule has 12 aromatic rings. The van der Waals surface area contributed by atoms with Gasteiger partial charge >= 0.3 is 0 Å². The van der Waals surface area contributed by atoms with Crippen LogP contribution in [-0.2, 0) is 0 Å². The predicted molar refractivity (Wildman–Crippen MR) is 247 cm³/mol. The first-order valence-electron chi connectivity index (χ1n) is 20.1. The Hall–Kier alpha value is -7.88. The van der Waals surface area contributed by atoms with Crippen LogP contribution in [0, 0.1) is 0 Å². The summed E-state index contributed by atoms with van der Waals surface area (Å²) in [5.41, 5.74) is 13.4. The van der Waals surface area contributed by atoms with E-state index in [-0.39, 0.29) is 0 Å². The van der Waals surface area contributed by atoms with Crippen molar-refractivity contribution in [1.82, 2.24) is 0 Å². The van der Waals surface area contributed by atoms with Gasteiger partial charge in [-0.05, 0) is 80.9 Å². The van der Waals surface area contributed by atoms with Gasteiger partial charge in [0, 0.05) is 38.4 Å². The van der Waals surface area contributed by atoms with Crippen LogP contribution >= 0.6 is 0 Å². The average Bonchev–Trinajstić information content (AvgIpc) is 3.89. The molecule has 0 N–H and O–H groups in total. The van der Waals surface area contributed by atoms with Crippen molar-refractivity contribution in [2.45, 2.75) is 0 Å². The summed E-state index contributed by atoms with van der Waals surface area (Å²) in [6, 6.07) is 75.6. The van der Waals surface area contributed by atoms with Crippen LogP contribution < -0.4 is 4.90 Å². The lowest BCUT2D eigenvalue weighted by Gasteiger charge is -2.28. The molecule has 0 aliphatic heterocycles. The first-order chi connectivity index (χ1) is 29.3. The third-order valence-corrected chi connectivity index (χ3v) is 11.9. The Morgan fingerprint density at radius 3 is 1.66 bits per heavy atom. The molecule has 0 aliphatic carbocycles. The Morgan fingerprint density at radius 1 is 0.288 bits per heavy atom. The summed E-state index contributed by atoms with van der Waals surface area (Å²) in [5, 5.41) is 9.19. The van der Waals surface area contributed by atoms with Crippen LogP contribution in [0.4, 0.5) is 17.1 Å². The van der Waals surface area contributed by atoms with Gasteiger partial charge in [0.05, 0.1) is 16.8 Å². The highest BCUT2D eigenvalue weighted by Crippen LogP contribution is 2.49. The summed E-state index contributed by atoms with van der Waals surface area (Å²) in [6.45, 7) is 0. The van der Waals surface area contributed by atoms with E-state index >= 15 is 0 Å². The monoisotopic (exact) mass is 753 g/mol. The number of hydrogen-bond acceptors (Lipinski definition) is 3. The molecule has 10 aromatic carbocycles. The molecular formula is C56H35NO2. The van der Waals surface area contributed by atoms with Crippen LogP contribution in [0.5, 0.6) is 0 Å². The highest BCUT2D eigenvalue weighted by molar-refractivity contribution is 6.21. The quantitative estimate of drug-likeness (QED) is 0.158. The second-order valence-electron chi connectivity index (χ2n) is 15.2. The number of benzene rings is 10. The molecule has 276 valence electrons. The largest absolute Gasteiger partial charge is 0.455 e. The van der Waals surface area contributed by atoms with E-state index in [0.717, 1.165) is 94.3 Å². The Labute approximate surface area is 340 Å². The number of fused-ring (bicyclic) bond motifs is 9. The van der Waals surface area contributed by atoms with Gasteiger partial charge in [-0.1, -0.05) is 170 Å². The number of anilines is 3. The van der Waals surface area contributed by atoms with Gasteiger partial charge < -0.3 is 13.7 Å². The van der Waals surface area contributed by atoms with Gasteiger partial charge in [-0.2, -0.15) is 0 Å². The minimum atomic E-state index is 0.863. The Morgan fingerprint density at radius 2 is 0.847 bits per heavy atom. The fraction of sp³-hybridized carbons (Fsp3) is 0. The number of rotatable bonds is 6. The molecule has 2 aromatic heterocycles. The SMILES string of the molecule is c1ccc(-c2cccc3c2oc2cccc(-c4ccc(N(c5cccc6ccc7ccccc7c56)c5ccc(-c6ccccc6)c6oc7ccccc7c56)cc4)c23)cc1. The molecule has 0 aliphatic rings. The zero-order valence-corrected chi connectivity index (χ0v) is 32.0. The van der Waals surface area contributed by atoms with Gasteiger partial charge in [0.15, 0.2) is 0 Å². The van der Waals surface area contributed by atoms with E-state index in [1.54, 1.807) is 0 Å². The highest BCUT2D eigenvalue weighted by Gasteiger charge is 2.24. The van der Waals surface area contributed by atoms with Crippen molar-refractivity contribution in [3.05, 3.63) is 212 Å². The standard InChI is InChI=1S/C56H35NO2/c1-3-14-36(15-4-1)44-23-12-24-47-53-43(22-13-27-51(53)59-55(44)47)39-30-32-41(33-31-39)57(48-25-11-19-40-29-28-38-18-7-8-20-42(38)52(40)48)49-35-34-45(37-16-5-2-6-17-37)56-54(49)46-21-9-10-26-50(46)58-56/h1-35H. The van der Waals surface area contributed by atoms with Crippen molar-refractivity contribution in [2.75, 3.05) is 4.90 Å². The molecule has 12 rings (SSSR count). The molecule has 0 saturated heterocycles. The van der Waals surface area contributed by atoms with E-state index in [4.69, 9.17) is 8.83 Å². The molecule has 0 amide bonds. The Kier molecular flexibility index (Phi) is 7.54. The van der Waals surface area contributed by atoms with Gasteiger partial charge in [0.25, 0.3) is 0 Å². The second kappa shape index (κ2) is 13.4. The predicted octanol–water partition coefficient (Wildman–Crippen LogP) is 16.3. The summed E-state index contributed by atoms with van der Waals surface area (Å²) >= 11 is 0. The van der Waals surface area contributed by atoms with E-state index < -0.39 is 0 Å². The first-order valence-corrected chi connectivity index (χ1v) is 20.1. The fourth-order valence-electron chi connectivity index (χ4n) is 9.20. The zero-order valence-electron chi connectivity index (χ0n) is 32.0. The van der Waals surface area contributed by atoms with Crippen LogP contribution in [0.25, 0.3) is 98.8 Å². The fourth-order valence-corrected chi connectivity index (χ4v) is 9.20. The Bertz CT molecular complexity index is 3540. The molecular weight excluding hydrogens is 719 g/mol. The molecule has 0 unspecified atom stereocenters. The van der Waals surface area contributed by atoms with Gasteiger partial charge in [0.1, 0.15) is 22.3 Å². The van der Waals surface area contributed by atoms with Gasteiger partial charge in [0.2, 0.25) is 0 Å². The molecule has 0 spiro atoms. The molecule has 2 heterocycles. The number of hydrogen-bond donors (Lipinski definition) is 0. The van der Waals surface area contributed by atoms with Gasteiger partial charge in [-0.3, -0.25) is 0 Å². The van der Waals surface area contributed by atoms with Crippen molar-refractivity contribution in [3.63, 3.8) is 0 Å². The lowest BCUT2D eigenvalue weighted by atomic mass is 9.96. The zero-order chi connectivity index (χ0) is 38.9. The van der Waals surface area contributed by atoms with Crippen LogP contribution in [0.3, 0.4) is 0 Å². The number of furan rings is 2.